The molecular formula is C21H27N3O5. The summed E-state index contributed by atoms with van der Waals surface area (Å²) >= 11 is 0. The number of esters is 1. The van der Waals surface area contributed by atoms with Crippen molar-refractivity contribution in [2.75, 3.05) is 18.4 Å². The van der Waals surface area contributed by atoms with Gasteiger partial charge in [-0.3, -0.25) is 9.59 Å². The van der Waals surface area contributed by atoms with Crippen LogP contribution in [0, 0.1) is 17.2 Å². The first-order chi connectivity index (χ1) is 13.6. The van der Waals surface area contributed by atoms with Gasteiger partial charge < -0.3 is 19.7 Å². The fourth-order valence-electron chi connectivity index (χ4n) is 2.91. The summed E-state index contributed by atoms with van der Waals surface area (Å²) in [5.74, 6) is -1.58. The van der Waals surface area contributed by atoms with Crippen molar-refractivity contribution in [2.24, 2.45) is 5.92 Å². The first-order valence-electron chi connectivity index (χ1n) is 9.59. The minimum absolute atomic E-state index is 0.194. The van der Waals surface area contributed by atoms with Crippen LogP contribution < -0.4 is 5.32 Å². The predicted molar refractivity (Wildman–Crippen MR) is 106 cm³/mol. The number of rotatable bonds is 4. The van der Waals surface area contributed by atoms with Crippen LogP contribution in [0.15, 0.2) is 24.3 Å². The third-order valence-electron chi connectivity index (χ3n) is 4.37. The predicted octanol–water partition coefficient (Wildman–Crippen LogP) is 3.08. The summed E-state index contributed by atoms with van der Waals surface area (Å²) in [6.45, 7) is 7.53. The van der Waals surface area contributed by atoms with E-state index in [1.807, 2.05) is 6.07 Å². The number of hydrogen-bond acceptors (Lipinski definition) is 6. The Morgan fingerprint density at radius 2 is 1.97 bits per heavy atom. The van der Waals surface area contributed by atoms with Crippen molar-refractivity contribution in [1.82, 2.24) is 4.90 Å². The standard InChI is InChI=1S/C21H27N3O5/c1-14(18(25)23-17-10-6-5-8-15(17)12-22)28-19(26)16-9-7-11-24(13-16)20(27)29-21(2,3)4/h5-6,8,10,14,16H,7,9,11,13H2,1-4H3,(H,23,25)/t14-,16+/m0/s1. The zero-order chi connectivity index (χ0) is 21.6. The maximum absolute atomic E-state index is 12.5. The van der Waals surface area contributed by atoms with E-state index in [-0.39, 0.29) is 6.54 Å². The highest BCUT2D eigenvalue weighted by atomic mass is 16.6. The van der Waals surface area contributed by atoms with Gasteiger partial charge in [0.1, 0.15) is 11.7 Å². The molecule has 0 radical (unpaired) electrons. The number of carbonyl (C=O) groups excluding carboxylic acids is 3. The molecule has 156 valence electrons. The number of amides is 2. The molecule has 1 saturated heterocycles. The number of piperidine rings is 1. The number of likely N-dealkylation sites (tertiary alicyclic amines) is 1. The van der Waals surface area contributed by atoms with E-state index >= 15 is 0 Å². The summed E-state index contributed by atoms with van der Waals surface area (Å²) in [7, 11) is 0. The Morgan fingerprint density at radius 3 is 2.62 bits per heavy atom. The SMILES string of the molecule is C[C@H](OC(=O)[C@@H]1CCCN(C(=O)OC(C)(C)C)C1)C(=O)Nc1ccccc1C#N. The molecule has 8 nitrogen and oxygen atoms in total. The van der Waals surface area contributed by atoms with Gasteiger partial charge in [-0.05, 0) is 52.7 Å². The maximum Gasteiger partial charge on any atom is 0.410 e. The number of ether oxygens (including phenoxy) is 2. The van der Waals surface area contributed by atoms with Gasteiger partial charge in [0.15, 0.2) is 6.10 Å². The van der Waals surface area contributed by atoms with E-state index in [0.717, 1.165) is 0 Å². The van der Waals surface area contributed by atoms with Crippen LogP contribution in [0.5, 0.6) is 0 Å². The highest BCUT2D eigenvalue weighted by molar-refractivity contribution is 5.96. The summed E-state index contributed by atoms with van der Waals surface area (Å²) in [6.07, 6.45) is -0.279. The molecule has 1 aliphatic rings. The lowest BCUT2D eigenvalue weighted by molar-refractivity contribution is -0.158. The van der Waals surface area contributed by atoms with Crippen molar-refractivity contribution < 1.29 is 23.9 Å². The van der Waals surface area contributed by atoms with Crippen LogP contribution in [0.4, 0.5) is 10.5 Å². The van der Waals surface area contributed by atoms with Gasteiger partial charge in [0.25, 0.3) is 5.91 Å². The molecule has 0 aromatic heterocycles. The highest BCUT2D eigenvalue weighted by Crippen LogP contribution is 2.21. The molecule has 0 unspecified atom stereocenters. The largest absolute Gasteiger partial charge is 0.452 e. The molecule has 1 heterocycles. The Labute approximate surface area is 170 Å². The Bertz CT molecular complexity index is 809. The van der Waals surface area contributed by atoms with Gasteiger partial charge in [-0.2, -0.15) is 5.26 Å². The van der Waals surface area contributed by atoms with Crippen molar-refractivity contribution in [3.8, 4) is 6.07 Å². The molecular weight excluding hydrogens is 374 g/mol. The monoisotopic (exact) mass is 401 g/mol. The molecule has 0 spiro atoms. The average Bonchev–Trinajstić information content (AvgIpc) is 2.67. The summed E-state index contributed by atoms with van der Waals surface area (Å²) in [6, 6.07) is 8.56. The van der Waals surface area contributed by atoms with E-state index in [9.17, 15) is 14.4 Å². The second kappa shape index (κ2) is 9.41. The van der Waals surface area contributed by atoms with E-state index in [0.29, 0.717) is 30.6 Å². The second-order valence-electron chi connectivity index (χ2n) is 7.99. The molecule has 1 aliphatic heterocycles. The summed E-state index contributed by atoms with van der Waals surface area (Å²) in [4.78, 5) is 38.6. The van der Waals surface area contributed by atoms with E-state index in [4.69, 9.17) is 14.7 Å². The van der Waals surface area contributed by atoms with Gasteiger partial charge in [-0.15, -0.1) is 0 Å². The number of nitrogens with one attached hydrogen (secondary N) is 1. The molecule has 1 N–H and O–H groups in total. The van der Waals surface area contributed by atoms with E-state index in [2.05, 4.69) is 5.32 Å². The molecule has 1 aromatic rings. The molecule has 2 rings (SSSR count). The lowest BCUT2D eigenvalue weighted by Crippen LogP contribution is -2.45. The number of nitriles is 1. The molecule has 8 heteroatoms. The van der Waals surface area contributed by atoms with Gasteiger partial charge >= 0.3 is 12.1 Å². The zero-order valence-corrected chi connectivity index (χ0v) is 17.2. The van der Waals surface area contributed by atoms with Gasteiger partial charge in [-0.1, -0.05) is 12.1 Å². The van der Waals surface area contributed by atoms with Crippen LogP contribution in [-0.2, 0) is 19.1 Å². The number of nitrogens with zero attached hydrogens (tertiary/aromatic N) is 2. The van der Waals surface area contributed by atoms with Gasteiger partial charge in [0, 0.05) is 13.1 Å². The molecule has 1 aromatic carbocycles. The lowest BCUT2D eigenvalue weighted by atomic mass is 9.98. The molecule has 2 amide bonds. The Hall–Kier alpha value is -3.08. The van der Waals surface area contributed by atoms with Crippen molar-refractivity contribution in [1.29, 1.82) is 5.26 Å². The van der Waals surface area contributed by atoms with E-state index < -0.39 is 35.6 Å². The molecule has 1 fully saturated rings. The van der Waals surface area contributed by atoms with Crippen molar-refractivity contribution in [3.63, 3.8) is 0 Å². The molecule has 0 aliphatic carbocycles. The summed E-state index contributed by atoms with van der Waals surface area (Å²) in [5.41, 5.74) is 0.0629. The summed E-state index contributed by atoms with van der Waals surface area (Å²) < 4.78 is 10.7. The number of hydrogen-bond donors (Lipinski definition) is 1. The minimum Gasteiger partial charge on any atom is -0.452 e. The third kappa shape index (κ3) is 6.49. The number of benzene rings is 1. The van der Waals surface area contributed by atoms with Crippen LogP contribution >= 0.6 is 0 Å². The van der Waals surface area contributed by atoms with E-state index in [1.54, 1.807) is 45.0 Å². The second-order valence-corrected chi connectivity index (χ2v) is 7.99. The quantitative estimate of drug-likeness (QED) is 0.777. The molecule has 29 heavy (non-hydrogen) atoms. The average molecular weight is 401 g/mol. The van der Waals surface area contributed by atoms with Crippen LogP contribution in [0.3, 0.4) is 0 Å². The topological polar surface area (TPSA) is 109 Å². The molecule has 2 atom stereocenters. The Balaban J connectivity index is 1.92. The molecule has 0 bridgehead atoms. The van der Waals surface area contributed by atoms with Crippen LogP contribution in [0.1, 0.15) is 46.1 Å². The zero-order valence-electron chi connectivity index (χ0n) is 17.2. The highest BCUT2D eigenvalue weighted by Gasteiger charge is 2.33. The first-order valence-corrected chi connectivity index (χ1v) is 9.59. The van der Waals surface area contributed by atoms with Crippen LogP contribution in [-0.4, -0.2) is 47.7 Å². The molecule has 0 saturated carbocycles. The van der Waals surface area contributed by atoms with Crippen molar-refractivity contribution in [2.45, 2.75) is 52.2 Å². The first kappa shape index (κ1) is 22.2. The van der Waals surface area contributed by atoms with Gasteiger partial charge in [0.05, 0.1) is 17.2 Å². The van der Waals surface area contributed by atoms with Crippen LogP contribution in [0.2, 0.25) is 0 Å². The van der Waals surface area contributed by atoms with Crippen molar-refractivity contribution >= 4 is 23.7 Å². The maximum atomic E-state index is 12.5. The van der Waals surface area contributed by atoms with Gasteiger partial charge in [0.2, 0.25) is 0 Å². The fraction of sp³-hybridized carbons (Fsp3) is 0.524. The van der Waals surface area contributed by atoms with Crippen molar-refractivity contribution in [3.05, 3.63) is 29.8 Å². The fourth-order valence-corrected chi connectivity index (χ4v) is 2.91. The summed E-state index contributed by atoms with van der Waals surface area (Å²) in [5, 5.41) is 11.7. The lowest BCUT2D eigenvalue weighted by Gasteiger charge is -2.33. The number of carbonyl (C=O) groups is 3. The minimum atomic E-state index is -1.04. The van der Waals surface area contributed by atoms with E-state index in [1.165, 1.54) is 11.8 Å². The number of para-hydroxylation sites is 1. The Morgan fingerprint density at radius 1 is 1.28 bits per heavy atom. The normalized spacial score (nSPS) is 17.6. The smallest absolute Gasteiger partial charge is 0.410 e. The van der Waals surface area contributed by atoms with Crippen LogP contribution in [0.25, 0.3) is 0 Å². The third-order valence-corrected chi connectivity index (χ3v) is 4.37. The van der Waals surface area contributed by atoms with Gasteiger partial charge in [-0.25, -0.2) is 4.79 Å². The Kier molecular flexibility index (Phi) is 7.21. The number of anilines is 1.